The zero-order valence-corrected chi connectivity index (χ0v) is 18.2. The zero-order chi connectivity index (χ0) is 18.1. The van der Waals surface area contributed by atoms with E-state index in [0.29, 0.717) is 25.6 Å². The molecule has 2 N–H and O–H groups in total. The highest BCUT2D eigenvalue weighted by Crippen LogP contribution is 2.19. The number of hydrogen-bond acceptors (Lipinski definition) is 4. The highest BCUT2D eigenvalue weighted by atomic mass is 127. The molecule has 144 valence electrons. The quantitative estimate of drug-likeness (QED) is 0.351. The first-order valence-corrected chi connectivity index (χ1v) is 8.66. The van der Waals surface area contributed by atoms with E-state index >= 15 is 0 Å². The molecule has 0 amide bonds. The molecule has 0 aliphatic rings. The zero-order valence-electron chi connectivity index (χ0n) is 15.9. The van der Waals surface area contributed by atoms with Crippen LogP contribution >= 0.6 is 24.0 Å². The van der Waals surface area contributed by atoms with Crippen LogP contribution in [0.2, 0.25) is 0 Å². The van der Waals surface area contributed by atoms with Crippen LogP contribution in [0.15, 0.2) is 35.6 Å². The minimum atomic E-state index is 0. The molecule has 0 aliphatic carbocycles. The van der Waals surface area contributed by atoms with Crippen LogP contribution in [0, 0.1) is 5.92 Å². The Morgan fingerprint density at radius 3 is 2.69 bits per heavy atom. The van der Waals surface area contributed by atoms with E-state index < -0.39 is 0 Å². The molecule has 0 atom stereocenters. The van der Waals surface area contributed by atoms with Crippen molar-refractivity contribution in [3.8, 4) is 5.75 Å². The number of guanidine groups is 1. The Morgan fingerprint density at radius 2 is 2.04 bits per heavy atom. The first-order chi connectivity index (χ1) is 12.1. The fourth-order valence-corrected chi connectivity index (χ4v) is 2.18. The Morgan fingerprint density at radius 1 is 1.27 bits per heavy atom. The summed E-state index contributed by atoms with van der Waals surface area (Å²) in [6.45, 7) is 8.91. The van der Waals surface area contributed by atoms with E-state index in [1.165, 1.54) is 0 Å². The Bertz CT molecular complexity index is 686. The Balaban J connectivity index is 0.00000338. The van der Waals surface area contributed by atoms with Crippen molar-refractivity contribution in [2.24, 2.45) is 18.0 Å². The van der Waals surface area contributed by atoms with Crippen LogP contribution in [0.3, 0.4) is 0 Å². The predicted molar refractivity (Wildman–Crippen MR) is 115 cm³/mol. The summed E-state index contributed by atoms with van der Waals surface area (Å²) in [5.74, 6) is 2.97. The second-order valence-electron chi connectivity index (χ2n) is 6.16. The number of aryl methyl sites for hydroxylation is 1. The van der Waals surface area contributed by atoms with Crippen molar-refractivity contribution in [1.29, 1.82) is 0 Å². The van der Waals surface area contributed by atoms with Gasteiger partial charge in [0, 0.05) is 19.2 Å². The van der Waals surface area contributed by atoms with Gasteiger partial charge in [0.1, 0.15) is 17.9 Å². The van der Waals surface area contributed by atoms with Crippen molar-refractivity contribution in [3.05, 3.63) is 42.0 Å². The molecule has 0 fully saturated rings. The van der Waals surface area contributed by atoms with Gasteiger partial charge in [0.15, 0.2) is 5.96 Å². The average molecular weight is 472 g/mol. The van der Waals surface area contributed by atoms with Crippen molar-refractivity contribution in [2.75, 3.05) is 13.2 Å². The monoisotopic (exact) mass is 472 g/mol. The fourth-order valence-electron chi connectivity index (χ4n) is 2.18. The number of benzene rings is 1. The predicted octanol–water partition coefficient (Wildman–Crippen LogP) is 2.72. The van der Waals surface area contributed by atoms with Crippen molar-refractivity contribution < 1.29 is 4.74 Å². The molecule has 26 heavy (non-hydrogen) atoms. The van der Waals surface area contributed by atoms with Crippen molar-refractivity contribution in [2.45, 2.75) is 33.9 Å². The van der Waals surface area contributed by atoms with Crippen LogP contribution in [0.25, 0.3) is 0 Å². The molecule has 1 aromatic heterocycles. The fraction of sp³-hybridized carbons (Fsp3) is 0.500. The summed E-state index contributed by atoms with van der Waals surface area (Å²) in [5.41, 5.74) is 1.07. The summed E-state index contributed by atoms with van der Waals surface area (Å²) in [5, 5.41) is 10.6. The number of aromatic nitrogens is 3. The van der Waals surface area contributed by atoms with Crippen molar-refractivity contribution >= 4 is 29.9 Å². The number of aliphatic imine (C=N–C) groups is 1. The molecular weight excluding hydrogens is 443 g/mol. The van der Waals surface area contributed by atoms with E-state index in [9.17, 15) is 0 Å². The Labute approximate surface area is 172 Å². The van der Waals surface area contributed by atoms with Crippen LogP contribution in [-0.4, -0.2) is 33.9 Å². The molecule has 1 heterocycles. The van der Waals surface area contributed by atoms with Gasteiger partial charge in [-0.3, -0.25) is 4.68 Å². The number of rotatable bonds is 8. The largest absolute Gasteiger partial charge is 0.493 e. The van der Waals surface area contributed by atoms with Gasteiger partial charge in [0.05, 0.1) is 19.7 Å². The molecule has 2 aromatic rings. The van der Waals surface area contributed by atoms with Crippen LogP contribution in [0.1, 0.15) is 32.2 Å². The normalized spacial score (nSPS) is 11.2. The number of ether oxygens (including phenoxy) is 1. The van der Waals surface area contributed by atoms with Gasteiger partial charge in [-0.1, -0.05) is 32.0 Å². The third kappa shape index (κ3) is 7.19. The summed E-state index contributed by atoms with van der Waals surface area (Å²) in [6, 6.07) is 8.03. The molecule has 0 bridgehead atoms. The lowest BCUT2D eigenvalue weighted by Gasteiger charge is -2.13. The number of para-hydroxylation sites is 1. The van der Waals surface area contributed by atoms with E-state index in [2.05, 4.69) is 39.6 Å². The molecular formula is C18H29IN6O. The van der Waals surface area contributed by atoms with Gasteiger partial charge >= 0.3 is 0 Å². The van der Waals surface area contributed by atoms with Crippen LogP contribution < -0.4 is 15.4 Å². The Hall–Kier alpha value is -1.84. The van der Waals surface area contributed by atoms with E-state index in [4.69, 9.17) is 4.74 Å². The molecule has 0 unspecified atom stereocenters. The second kappa shape index (κ2) is 11.7. The van der Waals surface area contributed by atoms with Gasteiger partial charge in [-0.25, -0.2) is 9.98 Å². The first kappa shape index (κ1) is 22.2. The second-order valence-corrected chi connectivity index (χ2v) is 6.16. The molecule has 0 radical (unpaired) electrons. The maximum Gasteiger partial charge on any atom is 0.191 e. The van der Waals surface area contributed by atoms with E-state index in [-0.39, 0.29) is 24.0 Å². The number of halogens is 1. The highest BCUT2D eigenvalue weighted by Gasteiger charge is 2.06. The van der Waals surface area contributed by atoms with Crippen molar-refractivity contribution in [1.82, 2.24) is 25.4 Å². The minimum Gasteiger partial charge on any atom is -0.493 e. The topological polar surface area (TPSA) is 76.4 Å². The number of nitrogens with zero attached hydrogens (tertiary/aromatic N) is 4. The molecule has 1 aromatic carbocycles. The molecule has 0 spiro atoms. The lowest BCUT2D eigenvalue weighted by atomic mass is 10.2. The van der Waals surface area contributed by atoms with Crippen LogP contribution in [0.5, 0.6) is 5.75 Å². The summed E-state index contributed by atoms with van der Waals surface area (Å²) in [4.78, 5) is 8.87. The molecule has 2 rings (SSSR count). The third-order valence-corrected chi connectivity index (χ3v) is 3.52. The smallest absolute Gasteiger partial charge is 0.191 e. The molecule has 0 saturated carbocycles. The minimum absolute atomic E-state index is 0. The van der Waals surface area contributed by atoms with Gasteiger partial charge in [0.2, 0.25) is 0 Å². The van der Waals surface area contributed by atoms with Crippen molar-refractivity contribution in [3.63, 3.8) is 0 Å². The summed E-state index contributed by atoms with van der Waals surface area (Å²) < 4.78 is 7.64. The molecule has 7 nitrogen and oxygen atoms in total. The van der Waals surface area contributed by atoms with Gasteiger partial charge in [-0.2, -0.15) is 5.10 Å². The first-order valence-electron chi connectivity index (χ1n) is 8.66. The van der Waals surface area contributed by atoms with Crippen LogP contribution in [-0.2, 0) is 20.1 Å². The molecule has 0 aliphatic heterocycles. The molecule has 8 heteroatoms. The Kier molecular flexibility index (Phi) is 10.0. The van der Waals surface area contributed by atoms with Gasteiger partial charge in [-0.05, 0) is 18.9 Å². The van der Waals surface area contributed by atoms with Gasteiger partial charge < -0.3 is 15.4 Å². The number of hydrogen-bond donors (Lipinski definition) is 2. The standard InChI is InChI=1S/C18H28N6O.HI/c1-5-19-18(21-11-17-22-13-23-24(17)4)20-10-15-8-6-7-9-16(15)25-12-14(2)3;/h6-9,13-14H,5,10-12H2,1-4H3,(H2,19,20,21);1H. The van der Waals surface area contributed by atoms with Gasteiger partial charge in [-0.15, -0.1) is 24.0 Å². The third-order valence-electron chi connectivity index (χ3n) is 3.52. The SMILES string of the molecule is CCNC(=NCc1ccccc1OCC(C)C)NCc1ncnn1C.I. The number of nitrogens with one attached hydrogen (secondary N) is 2. The average Bonchev–Trinajstić information content (AvgIpc) is 3.01. The van der Waals surface area contributed by atoms with Crippen LogP contribution in [0.4, 0.5) is 0 Å². The van der Waals surface area contributed by atoms with E-state index in [1.54, 1.807) is 11.0 Å². The highest BCUT2D eigenvalue weighted by molar-refractivity contribution is 14.0. The van der Waals surface area contributed by atoms with E-state index in [0.717, 1.165) is 29.6 Å². The summed E-state index contributed by atoms with van der Waals surface area (Å²) >= 11 is 0. The summed E-state index contributed by atoms with van der Waals surface area (Å²) in [6.07, 6.45) is 1.55. The molecule has 0 saturated heterocycles. The van der Waals surface area contributed by atoms with Gasteiger partial charge in [0.25, 0.3) is 0 Å². The lowest BCUT2D eigenvalue weighted by molar-refractivity contribution is 0.268. The maximum atomic E-state index is 5.89. The van der Waals surface area contributed by atoms with E-state index in [1.807, 2.05) is 38.2 Å². The summed E-state index contributed by atoms with van der Waals surface area (Å²) in [7, 11) is 1.87. The lowest BCUT2D eigenvalue weighted by Crippen LogP contribution is -2.37. The maximum absolute atomic E-state index is 5.89.